The molecule has 3 fully saturated rings. The molecule has 2 saturated heterocycles. The molecule has 0 unspecified atom stereocenters. The number of sulfone groups is 1. The first-order valence-corrected chi connectivity index (χ1v) is 16.2. The molecule has 2 aromatic rings. The van der Waals surface area contributed by atoms with E-state index in [1.165, 1.54) is 38.1 Å². The molecule has 250 valence electrons. The third kappa shape index (κ3) is 7.27. The Morgan fingerprint density at radius 2 is 1.61 bits per heavy atom. The van der Waals surface area contributed by atoms with E-state index in [0.29, 0.717) is 11.1 Å². The van der Waals surface area contributed by atoms with E-state index >= 15 is 0 Å². The lowest BCUT2D eigenvalue weighted by Gasteiger charge is -2.41. The van der Waals surface area contributed by atoms with Gasteiger partial charge in [-0.1, -0.05) is 36.4 Å². The number of amides is 1. The molecule has 2 aliphatic heterocycles. The Balaban J connectivity index is 1.21. The largest absolute Gasteiger partial charge is 0.504 e. The highest BCUT2D eigenvalue weighted by Crippen LogP contribution is 2.34. The summed E-state index contributed by atoms with van der Waals surface area (Å²) in [4.78, 5) is 12.9. The number of phenols is 1. The van der Waals surface area contributed by atoms with E-state index in [0.717, 1.165) is 5.41 Å². The summed E-state index contributed by atoms with van der Waals surface area (Å²) in [6.07, 6.45) is -10.4. The average molecular weight is 664 g/mol. The lowest BCUT2D eigenvalue weighted by molar-refractivity contribution is -0.155. The zero-order chi connectivity index (χ0) is 33.3. The first-order valence-electron chi connectivity index (χ1n) is 14.5. The fourth-order valence-corrected chi connectivity index (χ4v) is 7.14. The molecule has 1 saturated carbocycles. The zero-order valence-electron chi connectivity index (χ0n) is 24.9. The van der Waals surface area contributed by atoms with Gasteiger partial charge in [-0.3, -0.25) is 4.79 Å². The smallest absolute Gasteiger partial charge is 0.247 e. The van der Waals surface area contributed by atoms with Crippen LogP contribution in [0.15, 0.2) is 65.1 Å². The molecule has 1 amide bonds. The fourth-order valence-electron chi connectivity index (χ4n) is 5.70. The van der Waals surface area contributed by atoms with Crippen molar-refractivity contribution in [2.24, 2.45) is 0 Å². The third-order valence-electron chi connectivity index (χ3n) is 8.11. The van der Waals surface area contributed by atoms with Gasteiger partial charge in [-0.2, -0.15) is 0 Å². The van der Waals surface area contributed by atoms with Crippen LogP contribution in [-0.4, -0.2) is 113 Å². The van der Waals surface area contributed by atoms with Gasteiger partial charge in [0.2, 0.25) is 12.2 Å². The van der Waals surface area contributed by atoms with Crippen LogP contribution in [0.3, 0.4) is 0 Å². The zero-order valence-corrected chi connectivity index (χ0v) is 25.7. The minimum absolute atomic E-state index is 0.120. The monoisotopic (exact) mass is 663 g/mol. The third-order valence-corrected chi connectivity index (χ3v) is 9.58. The summed E-state index contributed by atoms with van der Waals surface area (Å²) < 4.78 is 47.1. The Bertz CT molecular complexity index is 1580. The second-order valence-corrected chi connectivity index (χ2v) is 13.4. The summed E-state index contributed by atoms with van der Waals surface area (Å²) in [6.45, 7) is 2.75. The van der Waals surface area contributed by atoms with E-state index in [9.17, 15) is 43.9 Å². The van der Waals surface area contributed by atoms with Crippen LogP contribution in [0.1, 0.15) is 25.0 Å². The van der Waals surface area contributed by atoms with Crippen molar-refractivity contribution in [1.82, 2.24) is 5.32 Å². The van der Waals surface area contributed by atoms with Crippen molar-refractivity contribution in [2.75, 3.05) is 6.79 Å². The number of carbonyl (C=O) groups is 1. The number of aromatic hydroxyl groups is 1. The molecule has 2 heterocycles. The average Bonchev–Trinajstić information content (AvgIpc) is 3.61. The molecule has 15 heteroatoms. The van der Waals surface area contributed by atoms with Crippen molar-refractivity contribution in [3.63, 3.8) is 0 Å². The second kappa shape index (κ2) is 13.8. The van der Waals surface area contributed by atoms with Gasteiger partial charge in [-0.25, -0.2) is 8.42 Å². The van der Waals surface area contributed by atoms with Gasteiger partial charge < -0.3 is 54.9 Å². The predicted octanol–water partition coefficient (Wildman–Crippen LogP) is -0.538. The van der Waals surface area contributed by atoms with Gasteiger partial charge in [-0.05, 0) is 48.8 Å². The van der Waals surface area contributed by atoms with Crippen molar-refractivity contribution in [2.45, 2.75) is 80.8 Å². The fraction of sp³-hybridized carbons (Fsp3) is 0.452. The van der Waals surface area contributed by atoms with E-state index in [-0.39, 0.29) is 35.2 Å². The normalized spacial score (nSPS) is 33.5. The van der Waals surface area contributed by atoms with Gasteiger partial charge in [0.05, 0.1) is 11.8 Å². The Labute approximate surface area is 265 Å². The van der Waals surface area contributed by atoms with E-state index in [1.807, 2.05) is 0 Å². The van der Waals surface area contributed by atoms with Crippen molar-refractivity contribution in [3.8, 4) is 11.5 Å². The second-order valence-electron chi connectivity index (χ2n) is 11.6. The molecule has 10 atom stereocenters. The quantitative estimate of drug-likeness (QED) is 0.168. The summed E-state index contributed by atoms with van der Waals surface area (Å²) in [7, 11) is -3.73. The van der Waals surface area contributed by atoms with Crippen molar-refractivity contribution in [3.05, 3.63) is 76.2 Å². The van der Waals surface area contributed by atoms with Crippen LogP contribution in [0.2, 0.25) is 0 Å². The molecule has 2 aromatic carbocycles. The molecule has 0 aromatic heterocycles. The van der Waals surface area contributed by atoms with Crippen LogP contribution in [0.25, 0.3) is 6.08 Å². The SMILES string of the molecule is CC(=Cc1ccc(O[C@@H]2O[C@H](C(C)=CS(=O)(=O)Cc3ccccc3)[C@@H](O)[C@@H]2O)c(O)c1)C(=O)N[C@@H]1[C@H](O)[C@H](O)[C@H]2OCO[C@H]2[C@@H]1O. The lowest BCUT2D eigenvalue weighted by Crippen LogP contribution is -2.67. The summed E-state index contributed by atoms with van der Waals surface area (Å²) >= 11 is 0. The highest BCUT2D eigenvalue weighted by molar-refractivity contribution is 7.93. The van der Waals surface area contributed by atoms with E-state index in [1.54, 1.807) is 30.3 Å². The molecule has 5 rings (SSSR count). The Morgan fingerprint density at radius 3 is 2.28 bits per heavy atom. The van der Waals surface area contributed by atoms with Gasteiger partial charge in [0.25, 0.3) is 0 Å². The van der Waals surface area contributed by atoms with Gasteiger partial charge >= 0.3 is 0 Å². The lowest BCUT2D eigenvalue weighted by atomic mass is 9.83. The minimum Gasteiger partial charge on any atom is -0.504 e. The summed E-state index contributed by atoms with van der Waals surface area (Å²) in [5.41, 5.74) is 1.24. The number of nitrogens with one attached hydrogen (secondary N) is 1. The Morgan fingerprint density at radius 1 is 0.935 bits per heavy atom. The summed E-state index contributed by atoms with van der Waals surface area (Å²) in [5.74, 6) is -1.43. The maximum Gasteiger partial charge on any atom is 0.247 e. The molecule has 7 N–H and O–H groups in total. The van der Waals surface area contributed by atoms with Crippen LogP contribution < -0.4 is 10.1 Å². The molecule has 14 nitrogen and oxygen atoms in total. The standard InChI is InChI=1S/C31H37NO13S/c1-15(30(39)32-21-22(34)24(36)29-28(23(21)35)42-14-43-29)10-18-8-9-20(19(33)11-18)44-31-26(38)25(37)27(45-31)16(2)12-46(40,41)13-17-6-4-3-5-7-17/h3-12,21-29,31,33-38H,13-14H2,1-2H3,(H,32,39)/t21-,22+,23-,24+,25+,26+,27-,28+,29-,31-/m1/s1. The number of benzene rings is 2. The van der Waals surface area contributed by atoms with Gasteiger partial charge in [-0.15, -0.1) is 0 Å². The van der Waals surface area contributed by atoms with E-state index in [4.69, 9.17) is 18.9 Å². The number of fused-ring (bicyclic) bond motifs is 1. The first kappa shape index (κ1) is 34.0. The topological polar surface area (TPSA) is 222 Å². The van der Waals surface area contributed by atoms with Crippen molar-refractivity contribution >= 4 is 21.8 Å². The number of hydrogen-bond donors (Lipinski definition) is 7. The van der Waals surface area contributed by atoms with Crippen LogP contribution in [0, 0.1) is 0 Å². The first-order chi connectivity index (χ1) is 21.8. The number of ether oxygens (including phenoxy) is 4. The highest BCUT2D eigenvalue weighted by atomic mass is 32.2. The highest BCUT2D eigenvalue weighted by Gasteiger charge is 2.53. The molecular formula is C31H37NO13S. The molecule has 3 aliphatic rings. The Kier molecular flexibility index (Phi) is 10.2. The van der Waals surface area contributed by atoms with Crippen LogP contribution in [0.5, 0.6) is 11.5 Å². The number of aliphatic hydroxyl groups excluding tert-OH is 5. The minimum atomic E-state index is -3.73. The molecule has 1 aliphatic carbocycles. The number of hydrogen-bond acceptors (Lipinski definition) is 13. The van der Waals surface area contributed by atoms with Gasteiger partial charge in [0.1, 0.15) is 55.6 Å². The molecule has 0 bridgehead atoms. The van der Waals surface area contributed by atoms with Crippen molar-refractivity contribution < 1.29 is 62.8 Å². The Hall–Kier alpha value is -3.38. The molecular weight excluding hydrogens is 626 g/mol. The van der Waals surface area contributed by atoms with E-state index in [2.05, 4.69) is 5.32 Å². The van der Waals surface area contributed by atoms with Gasteiger partial charge in [0, 0.05) is 11.0 Å². The maximum atomic E-state index is 12.9. The number of aliphatic hydroxyl groups is 5. The van der Waals surface area contributed by atoms with Crippen molar-refractivity contribution in [1.29, 1.82) is 0 Å². The van der Waals surface area contributed by atoms with Crippen LogP contribution in [0.4, 0.5) is 0 Å². The summed E-state index contributed by atoms with van der Waals surface area (Å²) in [5, 5.41) is 66.6. The number of carbonyl (C=O) groups excluding carboxylic acids is 1. The predicted molar refractivity (Wildman–Crippen MR) is 160 cm³/mol. The number of rotatable bonds is 9. The van der Waals surface area contributed by atoms with Crippen LogP contribution in [-0.2, 0) is 34.6 Å². The molecule has 46 heavy (non-hydrogen) atoms. The number of phenolic OH excluding ortho intramolecular Hbond substituents is 1. The van der Waals surface area contributed by atoms with Gasteiger partial charge in [0.15, 0.2) is 21.3 Å². The maximum absolute atomic E-state index is 12.9. The molecule has 0 spiro atoms. The van der Waals surface area contributed by atoms with E-state index < -0.39 is 76.9 Å². The van der Waals surface area contributed by atoms with Crippen LogP contribution >= 0.6 is 0 Å². The summed E-state index contributed by atoms with van der Waals surface area (Å²) in [6, 6.07) is 11.4. The molecule has 0 radical (unpaired) electrons.